The third-order valence-electron chi connectivity index (χ3n) is 3.46. The lowest BCUT2D eigenvalue weighted by Crippen LogP contribution is -2.14. The molecule has 0 bridgehead atoms. The van der Waals surface area contributed by atoms with Gasteiger partial charge in [0.2, 0.25) is 0 Å². The van der Waals surface area contributed by atoms with Crippen molar-refractivity contribution in [1.29, 1.82) is 0 Å². The van der Waals surface area contributed by atoms with Crippen molar-refractivity contribution in [2.24, 2.45) is 5.41 Å². The molecule has 6 heteroatoms. The number of nitro groups is 1. The van der Waals surface area contributed by atoms with Gasteiger partial charge in [-0.05, 0) is 30.4 Å². The van der Waals surface area contributed by atoms with Crippen molar-refractivity contribution in [3.63, 3.8) is 0 Å². The van der Waals surface area contributed by atoms with E-state index in [0.29, 0.717) is 5.41 Å². The Kier molecular flexibility index (Phi) is 6.14. The molecule has 2 rings (SSSR count). The molecule has 0 saturated heterocycles. The second kappa shape index (κ2) is 7.61. The number of carboxylic acid groups (broad SMARTS) is 1. The van der Waals surface area contributed by atoms with Crippen LogP contribution < -0.4 is 4.74 Å². The number of benzene rings is 1. The lowest BCUT2D eigenvalue weighted by molar-refractivity contribution is -0.384. The minimum atomic E-state index is -1.45. The van der Waals surface area contributed by atoms with E-state index >= 15 is 0 Å². The zero-order valence-corrected chi connectivity index (χ0v) is 12.4. The van der Waals surface area contributed by atoms with E-state index in [1.165, 1.54) is 44.2 Å². The molecule has 1 N–H and O–H groups in total. The molecule has 0 radical (unpaired) electrons. The summed E-state index contributed by atoms with van der Waals surface area (Å²) < 4.78 is 4.24. The van der Waals surface area contributed by atoms with Gasteiger partial charge in [0.15, 0.2) is 0 Å². The van der Waals surface area contributed by atoms with Gasteiger partial charge in [-0.25, -0.2) is 4.79 Å². The van der Waals surface area contributed by atoms with Crippen molar-refractivity contribution < 1.29 is 19.6 Å². The number of hydrogen-bond acceptors (Lipinski definition) is 4. The highest BCUT2D eigenvalue weighted by Gasteiger charge is 2.19. The van der Waals surface area contributed by atoms with Crippen LogP contribution in [-0.2, 0) is 0 Å². The molecule has 1 saturated carbocycles. The van der Waals surface area contributed by atoms with Crippen LogP contribution in [0.2, 0.25) is 0 Å². The van der Waals surface area contributed by atoms with Crippen LogP contribution in [0.15, 0.2) is 24.3 Å². The van der Waals surface area contributed by atoms with Gasteiger partial charge in [-0.1, -0.05) is 33.1 Å². The lowest BCUT2D eigenvalue weighted by Gasteiger charge is -2.28. The van der Waals surface area contributed by atoms with Crippen molar-refractivity contribution in [2.45, 2.75) is 46.0 Å². The molecule has 1 aliphatic carbocycles. The number of rotatable bonds is 2. The molecule has 21 heavy (non-hydrogen) atoms. The molecular weight excluding hydrogens is 274 g/mol. The Morgan fingerprint density at radius 2 is 1.71 bits per heavy atom. The summed E-state index contributed by atoms with van der Waals surface area (Å²) in [4.78, 5) is 19.6. The summed E-state index contributed by atoms with van der Waals surface area (Å²) in [6, 6.07) is 4.76. The number of carbonyl (C=O) groups is 1. The molecule has 0 amide bonds. The summed E-state index contributed by atoms with van der Waals surface area (Å²) >= 11 is 0. The van der Waals surface area contributed by atoms with Crippen molar-refractivity contribution in [2.75, 3.05) is 0 Å². The number of nitro benzene ring substituents is 1. The van der Waals surface area contributed by atoms with Crippen molar-refractivity contribution in [3.05, 3.63) is 34.4 Å². The number of non-ortho nitro benzene ring substituents is 1. The first-order chi connectivity index (χ1) is 9.80. The van der Waals surface area contributed by atoms with E-state index in [1.54, 1.807) is 0 Å². The standard InChI is InChI=1S/C8H16.C7H5NO5/c1-8(2)6-4-3-5-7-8;9-7(10)13-6-3-1-5(2-4-6)8(11)12/h3-7H2,1-2H3;1-4H,(H,9,10). The quantitative estimate of drug-likeness (QED) is 0.372. The monoisotopic (exact) mass is 295 g/mol. The zero-order valence-electron chi connectivity index (χ0n) is 12.4. The molecule has 116 valence electrons. The molecule has 0 aliphatic heterocycles. The maximum atomic E-state index is 10.2. The molecule has 0 heterocycles. The van der Waals surface area contributed by atoms with E-state index in [4.69, 9.17) is 5.11 Å². The first kappa shape index (κ1) is 16.9. The van der Waals surface area contributed by atoms with Crippen LogP contribution in [0.25, 0.3) is 0 Å². The average molecular weight is 295 g/mol. The highest BCUT2D eigenvalue weighted by atomic mass is 16.7. The van der Waals surface area contributed by atoms with Crippen LogP contribution in [0.5, 0.6) is 5.75 Å². The summed E-state index contributed by atoms with van der Waals surface area (Å²) in [7, 11) is 0. The van der Waals surface area contributed by atoms with E-state index in [9.17, 15) is 14.9 Å². The Hall–Kier alpha value is -2.11. The Morgan fingerprint density at radius 1 is 1.19 bits per heavy atom. The Balaban J connectivity index is 0.000000235. The summed E-state index contributed by atoms with van der Waals surface area (Å²) in [5.74, 6) is 0.0538. The summed E-state index contributed by atoms with van der Waals surface area (Å²) in [5, 5.41) is 18.4. The summed E-state index contributed by atoms with van der Waals surface area (Å²) in [6.45, 7) is 4.76. The van der Waals surface area contributed by atoms with E-state index in [1.807, 2.05) is 0 Å². The minimum Gasteiger partial charge on any atom is -0.449 e. The van der Waals surface area contributed by atoms with Crippen molar-refractivity contribution in [1.82, 2.24) is 0 Å². The van der Waals surface area contributed by atoms with Gasteiger partial charge >= 0.3 is 6.16 Å². The SMILES string of the molecule is CC1(C)CCCCC1.O=C(O)Oc1ccc([N+](=O)[O-])cc1. The number of hydrogen-bond donors (Lipinski definition) is 1. The van der Waals surface area contributed by atoms with Crippen molar-refractivity contribution in [3.8, 4) is 5.75 Å². The van der Waals surface area contributed by atoms with E-state index in [0.717, 1.165) is 12.1 Å². The second-order valence-electron chi connectivity index (χ2n) is 5.84. The Labute approximate surface area is 123 Å². The van der Waals surface area contributed by atoms with E-state index in [-0.39, 0.29) is 11.4 Å². The first-order valence-corrected chi connectivity index (χ1v) is 6.95. The largest absolute Gasteiger partial charge is 0.511 e. The fourth-order valence-corrected chi connectivity index (χ4v) is 2.25. The highest BCUT2D eigenvalue weighted by Crippen LogP contribution is 2.34. The Morgan fingerprint density at radius 3 is 2.05 bits per heavy atom. The third-order valence-corrected chi connectivity index (χ3v) is 3.46. The molecule has 1 aliphatic rings. The molecule has 1 fully saturated rings. The maximum Gasteiger partial charge on any atom is 0.511 e. The summed E-state index contributed by atoms with van der Waals surface area (Å²) in [5.41, 5.74) is 0.566. The molecule has 0 atom stereocenters. The van der Waals surface area contributed by atoms with Gasteiger partial charge in [-0.15, -0.1) is 0 Å². The van der Waals surface area contributed by atoms with E-state index in [2.05, 4.69) is 18.6 Å². The highest BCUT2D eigenvalue weighted by molar-refractivity contribution is 5.61. The minimum absolute atomic E-state index is 0.0538. The van der Waals surface area contributed by atoms with Gasteiger partial charge in [0.25, 0.3) is 5.69 Å². The first-order valence-electron chi connectivity index (χ1n) is 6.95. The molecular formula is C15H21NO5. The molecule has 0 aromatic heterocycles. The van der Waals surface area contributed by atoms with Gasteiger partial charge in [0, 0.05) is 12.1 Å². The molecule has 1 aromatic rings. The van der Waals surface area contributed by atoms with Crippen LogP contribution in [0.1, 0.15) is 46.0 Å². The topological polar surface area (TPSA) is 89.7 Å². The molecule has 0 unspecified atom stereocenters. The number of ether oxygens (including phenoxy) is 1. The smallest absolute Gasteiger partial charge is 0.449 e. The van der Waals surface area contributed by atoms with Gasteiger partial charge in [-0.2, -0.15) is 0 Å². The van der Waals surface area contributed by atoms with E-state index < -0.39 is 11.1 Å². The van der Waals surface area contributed by atoms with Crippen molar-refractivity contribution >= 4 is 11.8 Å². The zero-order chi connectivity index (χ0) is 15.9. The lowest BCUT2D eigenvalue weighted by atomic mass is 9.78. The van der Waals surface area contributed by atoms with Gasteiger partial charge in [0.1, 0.15) is 5.75 Å². The predicted octanol–water partition coefficient (Wildman–Crippen LogP) is 4.63. The fourth-order valence-electron chi connectivity index (χ4n) is 2.25. The van der Waals surface area contributed by atoms with Crippen LogP contribution in [0, 0.1) is 15.5 Å². The average Bonchev–Trinajstić information content (AvgIpc) is 2.39. The second-order valence-corrected chi connectivity index (χ2v) is 5.84. The van der Waals surface area contributed by atoms with Gasteiger partial charge in [0.05, 0.1) is 4.92 Å². The molecule has 0 spiro atoms. The van der Waals surface area contributed by atoms with Crippen LogP contribution in [0.3, 0.4) is 0 Å². The van der Waals surface area contributed by atoms with Gasteiger partial charge < -0.3 is 9.84 Å². The third kappa shape index (κ3) is 6.74. The normalized spacial score (nSPS) is 16.3. The van der Waals surface area contributed by atoms with Crippen LogP contribution >= 0.6 is 0 Å². The predicted molar refractivity (Wildman–Crippen MR) is 78.6 cm³/mol. The molecule has 1 aromatic carbocycles. The fraction of sp³-hybridized carbons (Fsp3) is 0.533. The summed E-state index contributed by atoms with van der Waals surface area (Å²) in [6.07, 6.45) is 5.86. The maximum absolute atomic E-state index is 10.2. The van der Waals surface area contributed by atoms with Crippen LogP contribution in [-0.4, -0.2) is 16.2 Å². The number of nitrogens with zero attached hydrogens (tertiary/aromatic N) is 1. The Bertz CT molecular complexity index is 473. The van der Waals surface area contributed by atoms with Crippen LogP contribution in [0.4, 0.5) is 10.5 Å². The molecule has 6 nitrogen and oxygen atoms in total. The van der Waals surface area contributed by atoms with Gasteiger partial charge in [-0.3, -0.25) is 10.1 Å².